The monoisotopic (exact) mass is 493 g/mol. The Kier molecular flexibility index (Phi) is 6.00. The molecule has 2 aliphatic heterocycles. The van der Waals surface area contributed by atoms with Crippen LogP contribution < -0.4 is 10.9 Å². The Bertz CT molecular complexity index is 1480. The summed E-state index contributed by atoms with van der Waals surface area (Å²) >= 11 is 0. The maximum absolute atomic E-state index is 14.8. The van der Waals surface area contributed by atoms with Gasteiger partial charge in [-0.1, -0.05) is 27.7 Å². The fourth-order valence-corrected chi connectivity index (χ4v) is 6.01. The second-order valence-corrected chi connectivity index (χ2v) is 9.46. The van der Waals surface area contributed by atoms with Crippen LogP contribution in [0.1, 0.15) is 80.0 Å². The number of nitrogens with zero attached hydrogens (tertiary/aromatic N) is 2. The number of ether oxygens (including phenoxy) is 1. The molecule has 0 saturated heterocycles. The van der Waals surface area contributed by atoms with Gasteiger partial charge in [-0.15, -0.1) is 0 Å². The molecule has 0 spiro atoms. The molecule has 0 fully saturated rings. The van der Waals surface area contributed by atoms with Gasteiger partial charge in [0, 0.05) is 28.6 Å². The zero-order valence-corrected chi connectivity index (χ0v) is 21.4. The molecule has 7 nitrogen and oxygen atoms in total. The number of halogens is 1. The fraction of sp³-hybridized carbons (Fsp3) is 0.464. The van der Waals surface area contributed by atoms with Gasteiger partial charge in [0.1, 0.15) is 12.4 Å². The van der Waals surface area contributed by atoms with Crippen molar-refractivity contribution in [3.05, 3.63) is 61.7 Å². The SMILES string of the molecule is CC.CCNC1CCc2c(C)c(F)cc3nc4c(c1c23)Cn1c-4cc2c(c1=O)COC(=O)C2(O)CC. The van der Waals surface area contributed by atoms with Crippen LogP contribution in [-0.4, -0.2) is 27.2 Å². The molecule has 36 heavy (non-hydrogen) atoms. The molecule has 1 aromatic carbocycles. The highest BCUT2D eigenvalue weighted by molar-refractivity contribution is 5.93. The molecular formula is C28H32FN3O4. The minimum absolute atomic E-state index is 0.0683. The maximum atomic E-state index is 14.8. The van der Waals surface area contributed by atoms with Crippen molar-refractivity contribution in [3.8, 4) is 11.4 Å². The molecule has 1 aliphatic carbocycles. The first kappa shape index (κ1) is 24.6. The van der Waals surface area contributed by atoms with E-state index in [1.54, 1.807) is 17.6 Å². The van der Waals surface area contributed by atoms with Crippen LogP contribution in [0.5, 0.6) is 0 Å². The van der Waals surface area contributed by atoms with Crippen molar-refractivity contribution in [3.63, 3.8) is 0 Å². The van der Waals surface area contributed by atoms with Crippen molar-refractivity contribution in [2.24, 2.45) is 0 Å². The lowest BCUT2D eigenvalue weighted by Gasteiger charge is -2.31. The van der Waals surface area contributed by atoms with E-state index in [1.165, 1.54) is 6.07 Å². The van der Waals surface area contributed by atoms with Crippen LogP contribution in [0.3, 0.4) is 0 Å². The van der Waals surface area contributed by atoms with Crippen LogP contribution in [0, 0.1) is 12.7 Å². The molecule has 2 N–H and O–H groups in total. The van der Waals surface area contributed by atoms with Gasteiger partial charge in [0.2, 0.25) is 0 Å². The molecule has 2 unspecified atom stereocenters. The molecule has 4 heterocycles. The van der Waals surface area contributed by atoms with Crippen molar-refractivity contribution in [2.75, 3.05) is 6.54 Å². The summed E-state index contributed by atoms with van der Waals surface area (Å²) in [5.41, 5.74) is 3.78. The molecule has 3 aliphatic rings. The summed E-state index contributed by atoms with van der Waals surface area (Å²) in [6.07, 6.45) is 1.67. The minimum Gasteiger partial charge on any atom is -0.458 e. The average Bonchev–Trinajstić information content (AvgIpc) is 3.25. The molecule has 2 aromatic heterocycles. The number of aromatic nitrogens is 2. The molecule has 3 aromatic rings. The van der Waals surface area contributed by atoms with E-state index in [9.17, 15) is 19.1 Å². The quantitative estimate of drug-likeness (QED) is 0.417. The number of hydrogen-bond donors (Lipinski definition) is 2. The Morgan fingerprint density at radius 1 is 1.22 bits per heavy atom. The third-order valence-corrected chi connectivity index (χ3v) is 7.83. The van der Waals surface area contributed by atoms with Gasteiger partial charge in [-0.05, 0) is 55.5 Å². The van der Waals surface area contributed by atoms with Gasteiger partial charge in [-0.25, -0.2) is 14.2 Å². The summed E-state index contributed by atoms with van der Waals surface area (Å²) in [6, 6.07) is 3.25. The number of aryl methyl sites for hydroxylation is 1. The molecule has 2 atom stereocenters. The average molecular weight is 494 g/mol. The molecule has 8 heteroatoms. The largest absolute Gasteiger partial charge is 0.458 e. The predicted molar refractivity (Wildman–Crippen MR) is 135 cm³/mol. The van der Waals surface area contributed by atoms with Crippen LogP contribution in [0.2, 0.25) is 0 Å². The summed E-state index contributed by atoms with van der Waals surface area (Å²) in [5, 5.41) is 15.6. The lowest BCUT2D eigenvalue weighted by atomic mass is 9.81. The Balaban J connectivity index is 0.00000130. The number of aliphatic hydroxyl groups is 1. The van der Waals surface area contributed by atoms with Crippen LogP contribution in [0.15, 0.2) is 16.9 Å². The van der Waals surface area contributed by atoms with E-state index in [-0.39, 0.29) is 36.0 Å². The number of nitrogens with one attached hydrogen (secondary N) is 1. The molecule has 0 radical (unpaired) electrons. The van der Waals surface area contributed by atoms with Crippen molar-refractivity contribution >= 4 is 16.9 Å². The van der Waals surface area contributed by atoms with Crippen LogP contribution >= 0.6 is 0 Å². The van der Waals surface area contributed by atoms with Gasteiger partial charge in [-0.2, -0.15) is 0 Å². The number of carbonyl (C=O) groups is 1. The first-order valence-corrected chi connectivity index (χ1v) is 12.8. The lowest BCUT2D eigenvalue weighted by Crippen LogP contribution is -2.44. The normalized spacial score (nSPS) is 21.3. The van der Waals surface area contributed by atoms with Gasteiger partial charge in [0.15, 0.2) is 5.60 Å². The number of hydrogen-bond acceptors (Lipinski definition) is 6. The molecular weight excluding hydrogens is 461 g/mol. The molecule has 0 amide bonds. The van der Waals surface area contributed by atoms with E-state index in [1.807, 2.05) is 20.8 Å². The summed E-state index contributed by atoms with van der Waals surface area (Å²) in [6.45, 7) is 10.5. The lowest BCUT2D eigenvalue weighted by molar-refractivity contribution is -0.172. The van der Waals surface area contributed by atoms with E-state index in [0.29, 0.717) is 34.6 Å². The standard InChI is InChI=1S/C26H26FN3O4.C2H6/c1-4-26(33)16-8-20-23-14(10-30(20)24(31)15(16)11-34-25(26)32)22-18(28-5-2)7-6-13-12(3)17(27)9-19(29-23)21(13)22;1-2/h8-9,18,28,33H,4-7,10-11H2,1-3H3;1-2H3. The summed E-state index contributed by atoms with van der Waals surface area (Å²) in [4.78, 5) is 30.8. The van der Waals surface area contributed by atoms with E-state index >= 15 is 0 Å². The number of esters is 1. The van der Waals surface area contributed by atoms with Crippen LogP contribution in [0.25, 0.3) is 22.3 Å². The second kappa shape index (κ2) is 8.78. The number of rotatable bonds is 3. The highest BCUT2D eigenvalue weighted by Gasteiger charge is 2.45. The maximum Gasteiger partial charge on any atom is 0.343 e. The van der Waals surface area contributed by atoms with Crippen molar-refractivity contribution in [2.45, 2.75) is 78.7 Å². The third-order valence-electron chi connectivity index (χ3n) is 7.83. The second-order valence-electron chi connectivity index (χ2n) is 9.46. The highest BCUT2D eigenvalue weighted by atomic mass is 19.1. The Morgan fingerprint density at radius 3 is 2.67 bits per heavy atom. The Hall–Kier alpha value is -3.10. The Labute approximate surface area is 209 Å². The number of carbonyl (C=O) groups excluding carboxylic acids is 1. The minimum atomic E-state index is -1.88. The molecule has 0 bridgehead atoms. The smallest absolute Gasteiger partial charge is 0.343 e. The first-order valence-electron chi connectivity index (χ1n) is 12.8. The fourth-order valence-electron chi connectivity index (χ4n) is 6.01. The molecule has 0 saturated carbocycles. The van der Waals surface area contributed by atoms with Crippen molar-refractivity contribution in [1.82, 2.24) is 14.9 Å². The van der Waals surface area contributed by atoms with Gasteiger partial charge in [0.25, 0.3) is 5.56 Å². The Morgan fingerprint density at radius 2 is 1.97 bits per heavy atom. The van der Waals surface area contributed by atoms with E-state index in [0.717, 1.165) is 41.5 Å². The summed E-state index contributed by atoms with van der Waals surface area (Å²) < 4.78 is 21.6. The summed E-state index contributed by atoms with van der Waals surface area (Å²) in [5.74, 6) is -1.03. The van der Waals surface area contributed by atoms with Gasteiger partial charge >= 0.3 is 5.97 Å². The van der Waals surface area contributed by atoms with E-state index < -0.39 is 11.6 Å². The molecule has 6 rings (SSSR count). The van der Waals surface area contributed by atoms with Gasteiger partial charge < -0.3 is 19.7 Å². The van der Waals surface area contributed by atoms with Gasteiger partial charge in [-0.3, -0.25) is 4.79 Å². The zero-order chi connectivity index (χ0) is 25.9. The first-order chi connectivity index (χ1) is 17.3. The zero-order valence-electron chi connectivity index (χ0n) is 21.4. The highest BCUT2D eigenvalue weighted by Crippen LogP contribution is 2.45. The van der Waals surface area contributed by atoms with Crippen LogP contribution in [0.4, 0.5) is 4.39 Å². The summed E-state index contributed by atoms with van der Waals surface area (Å²) in [7, 11) is 0. The number of benzene rings is 1. The topological polar surface area (TPSA) is 93.5 Å². The van der Waals surface area contributed by atoms with E-state index in [2.05, 4.69) is 12.2 Å². The van der Waals surface area contributed by atoms with Gasteiger partial charge in [0.05, 0.1) is 29.0 Å². The number of cyclic esters (lactones) is 1. The van der Waals surface area contributed by atoms with Crippen molar-refractivity contribution in [1.29, 1.82) is 0 Å². The number of fused-ring (bicyclic) bond motifs is 5. The van der Waals surface area contributed by atoms with Crippen molar-refractivity contribution < 1.29 is 19.0 Å². The predicted octanol–water partition coefficient (Wildman–Crippen LogP) is 4.15. The third kappa shape index (κ3) is 3.20. The van der Waals surface area contributed by atoms with Crippen LogP contribution in [-0.2, 0) is 34.7 Å². The van der Waals surface area contributed by atoms with E-state index in [4.69, 9.17) is 9.72 Å². The molecule has 190 valence electrons. The number of pyridine rings is 2.